The van der Waals surface area contributed by atoms with Gasteiger partial charge in [-0.1, -0.05) is 30.3 Å². The third-order valence-electron chi connectivity index (χ3n) is 2.84. The molecule has 0 aromatic heterocycles. The molecule has 0 fully saturated rings. The predicted molar refractivity (Wildman–Crippen MR) is 72.3 cm³/mol. The van der Waals surface area contributed by atoms with Gasteiger partial charge in [0.1, 0.15) is 11.4 Å². The average Bonchev–Trinajstić information content (AvgIpc) is 2.48. The summed E-state index contributed by atoms with van der Waals surface area (Å²) in [5, 5.41) is 0. The van der Waals surface area contributed by atoms with Gasteiger partial charge in [0, 0.05) is 12.0 Å². The van der Waals surface area contributed by atoms with E-state index in [1.54, 1.807) is 30.3 Å². The Morgan fingerprint density at radius 3 is 2.60 bits per heavy atom. The van der Waals surface area contributed by atoms with Gasteiger partial charge in [-0.05, 0) is 12.5 Å². The molecule has 0 amide bonds. The fraction of sp³-hybridized carbons (Fsp3) is 0.200. The molecule has 0 bridgehead atoms. The summed E-state index contributed by atoms with van der Waals surface area (Å²) >= 11 is 0. The summed E-state index contributed by atoms with van der Waals surface area (Å²) in [5.41, 5.74) is 0.279. The summed E-state index contributed by atoms with van der Waals surface area (Å²) in [6.45, 7) is 0. The van der Waals surface area contributed by atoms with Crippen molar-refractivity contribution in [3.05, 3.63) is 53.6 Å². The van der Waals surface area contributed by atoms with Gasteiger partial charge in [-0.15, -0.1) is 0 Å². The van der Waals surface area contributed by atoms with Crippen LogP contribution in [0.4, 0.5) is 8.78 Å². The van der Waals surface area contributed by atoms with E-state index < -0.39 is 17.6 Å². The van der Waals surface area contributed by atoms with Gasteiger partial charge in [0.25, 0.3) is 0 Å². The van der Waals surface area contributed by atoms with Crippen LogP contribution in [0.1, 0.15) is 18.4 Å². The number of allylic oxidation sites excluding steroid dienone is 3. The van der Waals surface area contributed by atoms with Crippen LogP contribution in [-0.4, -0.2) is 18.8 Å². The molecule has 0 N–H and O–H groups in total. The first-order valence-corrected chi connectivity index (χ1v) is 6.10. The Labute approximate surface area is 115 Å². The van der Waals surface area contributed by atoms with Crippen molar-refractivity contribution in [1.29, 1.82) is 0 Å². The van der Waals surface area contributed by atoms with Gasteiger partial charge in [0.15, 0.2) is 11.7 Å². The van der Waals surface area contributed by atoms with Crippen LogP contribution >= 0.6 is 0 Å². The number of ether oxygens (including phenoxy) is 1. The van der Waals surface area contributed by atoms with Crippen LogP contribution in [-0.2, 0) is 9.53 Å². The highest BCUT2D eigenvalue weighted by atomic mass is 19.2. The maximum Gasteiger partial charge on any atom is 0.352 e. The van der Waals surface area contributed by atoms with E-state index in [0.717, 1.165) is 6.08 Å². The van der Waals surface area contributed by atoms with E-state index in [0.29, 0.717) is 5.56 Å². The molecule has 0 radical (unpaired) electrons. The fourth-order valence-electron chi connectivity index (χ4n) is 1.83. The standard InChI is InChI=1S/C15H13F2NO2/c1-20-15(19)12-9-5-8-11(16)13(17)14(18-12)10-6-3-2-4-7-10/h2-4,6-8H,5,9H2,1H3/b11-8+,14-13+,18-12?. The first-order chi connectivity index (χ1) is 9.63. The highest BCUT2D eigenvalue weighted by Gasteiger charge is 2.20. The van der Waals surface area contributed by atoms with E-state index in [1.165, 1.54) is 7.11 Å². The average molecular weight is 277 g/mol. The van der Waals surface area contributed by atoms with Crippen LogP contribution in [0, 0.1) is 0 Å². The molecule has 20 heavy (non-hydrogen) atoms. The number of halogens is 2. The van der Waals surface area contributed by atoms with Crippen LogP contribution in [0.2, 0.25) is 0 Å². The molecule has 0 aliphatic carbocycles. The summed E-state index contributed by atoms with van der Waals surface area (Å²) in [6, 6.07) is 8.32. The van der Waals surface area contributed by atoms with Crippen molar-refractivity contribution in [2.75, 3.05) is 7.11 Å². The minimum atomic E-state index is -1.07. The van der Waals surface area contributed by atoms with E-state index in [1.807, 2.05) is 0 Å². The third-order valence-corrected chi connectivity index (χ3v) is 2.84. The number of methoxy groups -OCH3 is 1. The Morgan fingerprint density at radius 2 is 1.95 bits per heavy atom. The molecular weight excluding hydrogens is 264 g/mol. The zero-order chi connectivity index (χ0) is 14.5. The van der Waals surface area contributed by atoms with Crippen LogP contribution in [0.25, 0.3) is 5.70 Å². The second kappa shape index (κ2) is 6.23. The first-order valence-electron chi connectivity index (χ1n) is 6.10. The Kier molecular flexibility index (Phi) is 4.40. The number of nitrogens with zero attached hydrogens (tertiary/aromatic N) is 1. The first kappa shape index (κ1) is 14.1. The Balaban J connectivity index is 2.57. The second-order valence-corrected chi connectivity index (χ2v) is 4.17. The van der Waals surface area contributed by atoms with Crippen LogP contribution in [0.5, 0.6) is 0 Å². The minimum Gasteiger partial charge on any atom is -0.465 e. The Morgan fingerprint density at radius 1 is 1.25 bits per heavy atom. The molecule has 0 spiro atoms. The summed E-state index contributed by atoms with van der Waals surface area (Å²) in [4.78, 5) is 15.6. The molecule has 2 rings (SSSR count). The topological polar surface area (TPSA) is 38.7 Å². The van der Waals surface area contributed by atoms with Crippen molar-refractivity contribution in [2.45, 2.75) is 12.8 Å². The van der Waals surface area contributed by atoms with Crippen LogP contribution in [0.15, 0.2) is 53.1 Å². The fourth-order valence-corrected chi connectivity index (χ4v) is 1.83. The molecule has 1 aromatic carbocycles. The monoisotopic (exact) mass is 277 g/mol. The lowest BCUT2D eigenvalue weighted by Gasteiger charge is -2.10. The van der Waals surface area contributed by atoms with E-state index in [9.17, 15) is 13.6 Å². The molecule has 3 nitrogen and oxygen atoms in total. The van der Waals surface area contributed by atoms with Gasteiger partial charge in [-0.3, -0.25) is 0 Å². The zero-order valence-electron chi connectivity index (χ0n) is 10.9. The number of benzene rings is 1. The molecule has 1 aliphatic heterocycles. The highest BCUT2D eigenvalue weighted by molar-refractivity contribution is 6.37. The predicted octanol–water partition coefficient (Wildman–Crippen LogP) is 3.59. The number of hydrogen-bond acceptors (Lipinski definition) is 3. The number of esters is 1. The molecule has 5 heteroatoms. The molecule has 1 heterocycles. The maximum atomic E-state index is 14.1. The lowest BCUT2D eigenvalue weighted by molar-refractivity contribution is -0.132. The summed E-state index contributed by atoms with van der Waals surface area (Å²) in [5.74, 6) is -2.67. The van der Waals surface area contributed by atoms with Gasteiger partial charge in [-0.2, -0.15) is 0 Å². The molecule has 1 aromatic rings. The van der Waals surface area contributed by atoms with Crippen molar-refractivity contribution < 1.29 is 18.3 Å². The smallest absolute Gasteiger partial charge is 0.352 e. The second-order valence-electron chi connectivity index (χ2n) is 4.17. The number of rotatable bonds is 2. The normalized spacial score (nSPS) is 22.1. The SMILES string of the molecule is COC(=O)C1=N/C(c2ccccc2)=C(F)\C(F)=C/CC1. The van der Waals surface area contributed by atoms with Crippen molar-refractivity contribution in [3.8, 4) is 0 Å². The van der Waals surface area contributed by atoms with Crippen molar-refractivity contribution in [3.63, 3.8) is 0 Å². The van der Waals surface area contributed by atoms with Crippen molar-refractivity contribution >= 4 is 17.4 Å². The van der Waals surface area contributed by atoms with E-state index in [-0.39, 0.29) is 24.3 Å². The maximum absolute atomic E-state index is 14.1. The van der Waals surface area contributed by atoms with Crippen LogP contribution < -0.4 is 0 Å². The van der Waals surface area contributed by atoms with Crippen molar-refractivity contribution in [1.82, 2.24) is 0 Å². The van der Waals surface area contributed by atoms with Gasteiger partial charge in [-0.25, -0.2) is 18.6 Å². The molecule has 104 valence electrons. The largest absolute Gasteiger partial charge is 0.465 e. The molecule has 0 saturated heterocycles. The van der Waals surface area contributed by atoms with Gasteiger partial charge in [0.05, 0.1) is 7.11 Å². The minimum absolute atomic E-state index is 0.0743. The Hall–Kier alpha value is -2.30. The lowest BCUT2D eigenvalue weighted by atomic mass is 10.1. The van der Waals surface area contributed by atoms with Crippen LogP contribution in [0.3, 0.4) is 0 Å². The number of hydrogen-bond donors (Lipinski definition) is 0. The number of carbonyl (C=O) groups excluding carboxylic acids is 1. The van der Waals surface area contributed by atoms with Gasteiger partial charge in [0.2, 0.25) is 0 Å². The molecular formula is C15H13F2NO2. The molecule has 0 saturated carbocycles. The van der Waals surface area contributed by atoms with E-state index >= 15 is 0 Å². The third kappa shape index (κ3) is 2.99. The van der Waals surface area contributed by atoms with E-state index in [4.69, 9.17) is 0 Å². The molecule has 1 aliphatic rings. The highest BCUT2D eigenvalue weighted by Crippen LogP contribution is 2.29. The lowest BCUT2D eigenvalue weighted by Crippen LogP contribution is -2.16. The number of carbonyl (C=O) groups is 1. The van der Waals surface area contributed by atoms with Crippen molar-refractivity contribution in [2.24, 2.45) is 4.99 Å². The van der Waals surface area contributed by atoms with Gasteiger partial charge < -0.3 is 4.74 Å². The zero-order valence-corrected chi connectivity index (χ0v) is 10.9. The van der Waals surface area contributed by atoms with E-state index in [2.05, 4.69) is 9.73 Å². The molecule has 0 unspecified atom stereocenters. The number of aliphatic imine (C=N–C) groups is 1. The summed E-state index contributed by atoms with van der Waals surface area (Å²) < 4.78 is 32.3. The molecule has 0 atom stereocenters. The quantitative estimate of drug-likeness (QED) is 0.775. The summed E-state index contributed by atoms with van der Waals surface area (Å²) in [6.07, 6.45) is 1.49. The Bertz CT molecular complexity index is 604. The summed E-state index contributed by atoms with van der Waals surface area (Å²) in [7, 11) is 1.22. The van der Waals surface area contributed by atoms with Gasteiger partial charge >= 0.3 is 5.97 Å².